The second-order valence-electron chi connectivity index (χ2n) is 2.95. The van der Waals surface area contributed by atoms with Crippen LogP contribution in [-0.2, 0) is 0 Å². The molecule has 1 aromatic carbocycles. The Kier molecular flexibility index (Phi) is 1.66. The topological polar surface area (TPSA) is 20.2 Å². The minimum absolute atomic E-state index is 0.169. The van der Waals surface area contributed by atoms with Gasteiger partial charge in [-0.2, -0.15) is 0 Å². The van der Waals surface area contributed by atoms with E-state index in [1.54, 1.807) is 0 Å². The van der Waals surface area contributed by atoms with Gasteiger partial charge in [0, 0.05) is 5.92 Å². The first-order chi connectivity index (χ1) is 5.38. The molecule has 1 atom stereocenters. The Morgan fingerprint density at radius 1 is 1.18 bits per heavy atom. The fourth-order valence-electron chi connectivity index (χ4n) is 1.41. The van der Waals surface area contributed by atoms with Gasteiger partial charge in [0.1, 0.15) is 0 Å². The van der Waals surface area contributed by atoms with Crippen LogP contribution in [0, 0.1) is 5.92 Å². The molecule has 1 saturated carbocycles. The smallest absolute Gasteiger partial charge is 0.0646 e. The molecule has 1 nitrogen and oxygen atoms in total. The van der Waals surface area contributed by atoms with Crippen LogP contribution in [0.5, 0.6) is 0 Å². The van der Waals surface area contributed by atoms with Crippen molar-refractivity contribution < 1.29 is 5.11 Å². The van der Waals surface area contributed by atoms with Crippen LogP contribution >= 0.6 is 0 Å². The average molecular weight is 147 g/mol. The number of hydrogen-bond donors (Lipinski definition) is 1. The molecular formula is C10H11O. The number of rotatable bonds is 1. The monoisotopic (exact) mass is 147 g/mol. The van der Waals surface area contributed by atoms with Gasteiger partial charge in [-0.05, 0) is 18.4 Å². The SMILES string of the molecule is OC1CC[C]1c1ccccc1. The zero-order valence-electron chi connectivity index (χ0n) is 6.33. The van der Waals surface area contributed by atoms with Gasteiger partial charge in [-0.1, -0.05) is 30.3 Å². The lowest BCUT2D eigenvalue weighted by Gasteiger charge is -2.31. The van der Waals surface area contributed by atoms with Crippen molar-refractivity contribution in [3.05, 3.63) is 41.8 Å². The fraction of sp³-hybridized carbons (Fsp3) is 0.300. The van der Waals surface area contributed by atoms with Crippen LogP contribution in [0.4, 0.5) is 0 Å². The molecule has 0 amide bonds. The summed E-state index contributed by atoms with van der Waals surface area (Å²) < 4.78 is 0. The van der Waals surface area contributed by atoms with E-state index in [0.717, 1.165) is 12.8 Å². The van der Waals surface area contributed by atoms with Crippen molar-refractivity contribution in [1.82, 2.24) is 0 Å². The van der Waals surface area contributed by atoms with E-state index in [1.165, 1.54) is 11.5 Å². The zero-order valence-corrected chi connectivity index (χ0v) is 6.33. The number of aliphatic hydroxyl groups excluding tert-OH is 1. The van der Waals surface area contributed by atoms with Crippen LogP contribution in [0.1, 0.15) is 18.4 Å². The van der Waals surface area contributed by atoms with Crippen molar-refractivity contribution >= 4 is 0 Å². The van der Waals surface area contributed by atoms with Gasteiger partial charge in [0.05, 0.1) is 6.10 Å². The summed E-state index contributed by atoms with van der Waals surface area (Å²) in [6, 6.07) is 10.1. The number of aliphatic hydroxyl groups is 1. The maximum absolute atomic E-state index is 9.32. The van der Waals surface area contributed by atoms with Gasteiger partial charge in [-0.3, -0.25) is 0 Å². The van der Waals surface area contributed by atoms with Gasteiger partial charge < -0.3 is 5.11 Å². The first-order valence-corrected chi connectivity index (χ1v) is 3.97. The molecule has 1 aromatic rings. The van der Waals surface area contributed by atoms with Gasteiger partial charge in [0.15, 0.2) is 0 Å². The summed E-state index contributed by atoms with van der Waals surface area (Å²) in [4.78, 5) is 0. The molecule has 1 radical (unpaired) electrons. The van der Waals surface area contributed by atoms with Crippen molar-refractivity contribution in [2.75, 3.05) is 0 Å². The van der Waals surface area contributed by atoms with E-state index in [-0.39, 0.29) is 6.10 Å². The van der Waals surface area contributed by atoms with Gasteiger partial charge in [-0.15, -0.1) is 0 Å². The highest BCUT2D eigenvalue weighted by Crippen LogP contribution is 2.35. The maximum Gasteiger partial charge on any atom is 0.0646 e. The Labute approximate surface area is 66.7 Å². The summed E-state index contributed by atoms with van der Waals surface area (Å²) in [5.74, 6) is 1.20. The fourth-order valence-corrected chi connectivity index (χ4v) is 1.41. The molecule has 0 aromatic heterocycles. The van der Waals surface area contributed by atoms with Gasteiger partial charge in [-0.25, -0.2) is 0 Å². The Balaban J connectivity index is 2.17. The van der Waals surface area contributed by atoms with Gasteiger partial charge in [0.2, 0.25) is 0 Å². The highest BCUT2D eigenvalue weighted by Gasteiger charge is 2.30. The van der Waals surface area contributed by atoms with Crippen LogP contribution in [0.2, 0.25) is 0 Å². The van der Waals surface area contributed by atoms with Crippen LogP contribution < -0.4 is 0 Å². The maximum atomic E-state index is 9.32. The highest BCUT2D eigenvalue weighted by atomic mass is 16.3. The molecule has 0 saturated heterocycles. The second kappa shape index (κ2) is 2.67. The van der Waals surface area contributed by atoms with Crippen molar-refractivity contribution in [3.8, 4) is 0 Å². The summed E-state index contributed by atoms with van der Waals surface area (Å²) in [5.41, 5.74) is 1.20. The van der Waals surface area contributed by atoms with Crippen LogP contribution in [-0.4, -0.2) is 11.2 Å². The normalized spacial score (nSPS) is 24.6. The standard InChI is InChI=1S/C10H11O/c11-10-7-6-9(10)8-4-2-1-3-5-8/h1-5,10-11H,6-7H2. The van der Waals surface area contributed by atoms with Crippen molar-refractivity contribution in [2.45, 2.75) is 18.9 Å². The van der Waals surface area contributed by atoms with Crippen molar-refractivity contribution in [2.24, 2.45) is 0 Å². The lowest BCUT2D eigenvalue weighted by Crippen LogP contribution is -2.29. The number of hydrogen-bond acceptors (Lipinski definition) is 1. The summed E-state index contributed by atoms with van der Waals surface area (Å²) in [5, 5.41) is 9.32. The van der Waals surface area contributed by atoms with Crippen LogP contribution in [0.3, 0.4) is 0 Å². The predicted molar refractivity (Wildman–Crippen MR) is 44.0 cm³/mol. The third-order valence-electron chi connectivity index (χ3n) is 2.23. The summed E-state index contributed by atoms with van der Waals surface area (Å²) >= 11 is 0. The quantitative estimate of drug-likeness (QED) is 0.641. The minimum atomic E-state index is -0.169. The largest absolute Gasteiger partial charge is 0.392 e. The third kappa shape index (κ3) is 1.16. The first kappa shape index (κ1) is 6.86. The van der Waals surface area contributed by atoms with E-state index in [1.807, 2.05) is 18.2 Å². The van der Waals surface area contributed by atoms with Crippen molar-refractivity contribution in [1.29, 1.82) is 0 Å². The number of benzene rings is 1. The molecule has 1 aliphatic carbocycles. The van der Waals surface area contributed by atoms with Crippen LogP contribution in [0.15, 0.2) is 30.3 Å². The molecule has 2 rings (SSSR count). The molecule has 0 bridgehead atoms. The lowest BCUT2D eigenvalue weighted by atomic mass is 9.77. The minimum Gasteiger partial charge on any atom is -0.392 e. The average Bonchev–Trinajstić information content (AvgIpc) is 2.04. The Bertz CT molecular complexity index is 230. The van der Waals surface area contributed by atoms with E-state index in [0.29, 0.717) is 0 Å². The molecular weight excluding hydrogens is 136 g/mol. The zero-order chi connectivity index (χ0) is 7.68. The van der Waals surface area contributed by atoms with E-state index in [4.69, 9.17) is 0 Å². The van der Waals surface area contributed by atoms with E-state index >= 15 is 0 Å². The van der Waals surface area contributed by atoms with Crippen LogP contribution in [0.25, 0.3) is 0 Å². The summed E-state index contributed by atoms with van der Waals surface area (Å²) in [6.07, 6.45) is 1.83. The predicted octanol–water partition coefficient (Wildman–Crippen LogP) is 1.76. The summed E-state index contributed by atoms with van der Waals surface area (Å²) in [6.45, 7) is 0. The molecule has 1 unspecified atom stereocenters. The molecule has 1 heteroatoms. The lowest BCUT2D eigenvalue weighted by molar-refractivity contribution is 0.129. The van der Waals surface area contributed by atoms with E-state index < -0.39 is 0 Å². The Morgan fingerprint density at radius 2 is 1.91 bits per heavy atom. The molecule has 0 spiro atoms. The third-order valence-corrected chi connectivity index (χ3v) is 2.23. The van der Waals surface area contributed by atoms with Gasteiger partial charge in [0.25, 0.3) is 0 Å². The molecule has 57 valence electrons. The van der Waals surface area contributed by atoms with E-state index in [2.05, 4.69) is 12.1 Å². The Hall–Kier alpha value is -0.820. The van der Waals surface area contributed by atoms with Crippen molar-refractivity contribution in [3.63, 3.8) is 0 Å². The molecule has 0 heterocycles. The highest BCUT2D eigenvalue weighted by molar-refractivity contribution is 5.35. The summed E-state index contributed by atoms with van der Waals surface area (Å²) in [7, 11) is 0. The molecule has 1 N–H and O–H groups in total. The molecule has 11 heavy (non-hydrogen) atoms. The Morgan fingerprint density at radius 3 is 2.36 bits per heavy atom. The van der Waals surface area contributed by atoms with E-state index in [9.17, 15) is 5.11 Å². The molecule has 1 aliphatic rings. The van der Waals surface area contributed by atoms with Gasteiger partial charge >= 0.3 is 0 Å². The molecule has 0 aliphatic heterocycles. The first-order valence-electron chi connectivity index (χ1n) is 3.97. The molecule has 1 fully saturated rings. The second-order valence-corrected chi connectivity index (χ2v) is 2.95.